The second kappa shape index (κ2) is 9.96. The summed E-state index contributed by atoms with van der Waals surface area (Å²) in [5.41, 5.74) is 2.64. The molecule has 0 saturated carbocycles. The van der Waals surface area contributed by atoms with Gasteiger partial charge in [0.05, 0.1) is 24.9 Å². The second-order valence-corrected chi connectivity index (χ2v) is 6.98. The largest absolute Gasteiger partial charge is 0.495 e. The fraction of sp³-hybridized carbons (Fsp3) is 0.0909. The Balaban J connectivity index is 1.63. The van der Waals surface area contributed by atoms with Gasteiger partial charge in [0.25, 0.3) is 5.91 Å². The van der Waals surface area contributed by atoms with E-state index >= 15 is 0 Å². The topological polar surface area (TPSA) is 71.6 Å². The molecule has 0 atom stereocenters. The lowest BCUT2D eigenvalue weighted by atomic mass is 10.2. The third kappa shape index (κ3) is 5.40. The summed E-state index contributed by atoms with van der Waals surface area (Å²) in [5, 5.41) is 9.80. The number of carbonyl (C=O) groups excluding carboxylic acids is 1. The van der Waals surface area contributed by atoms with Crippen molar-refractivity contribution in [3.63, 3.8) is 0 Å². The van der Waals surface area contributed by atoms with Gasteiger partial charge < -0.3 is 25.4 Å². The Morgan fingerprint density at radius 1 is 0.833 bits per heavy atom. The van der Waals surface area contributed by atoms with Gasteiger partial charge in [0.15, 0.2) is 5.11 Å². The molecule has 0 aliphatic rings. The second-order valence-electron chi connectivity index (χ2n) is 6.16. The fourth-order valence-corrected chi connectivity index (χ4v) is 3.13. The third-order valence-electron chi connectivity index (χ3n) is 4.16. The van der Waals surface area contributed by atoms with Crippen LogP contribution >= 0.6 is 23.8 Å². The first kappa shape index (κ1) is 21.4. The van der Waals surface area contributed by atoms with E-state index in [1.165, 1.54) is 7.11 Å². The molecule has 3 rings (SSSR count). The molecule has 0 aliphatic heterocycles. The number of hydrogen-bond acceptors (Lipinski definition) is 4. The molecule has 0 saturated heterocycles. The van der Waals surface area contributed by atoms with E-state index in [4.69, 9.17) is 33.3 Å². The zero-order valence-corrected chi connectivity index (χ0v) is 17.9. The van der Waals surface area contributed by atoms with Gasteiger partial charge in [-0.15, -0.1) is 0 Å². The Morgan fingerprint density at radius 2 is 1.43 bits per heavy atom. The zero-order chi connectivity index (χ0) is 21.5. The molecule has 0 heterocycles. The summed E-state index contributed by atoms with van der Waals surface area (Å²) < 4.78 is 10.6. The standard InChI is InChI=1S/C22H20ClN3O3S/c1-28-19-13-18(20(29-2)12-17(19)23)26-22(30)25-16-10-8-15(9-11-16)24-21(27)14-6-4-3-5-7-14/h3-13H,1-2H3,(H,24,27)(H2,25,26,30). The normalized spacial score (nSPS) is 10.1. The fourth-order valence-electron chi connectivity index (χ4n) is 2.67. The van der Waals surface area contributed by atoms with Crippen LogP contribution in [-0.2, 0) is 0 Å². The number of carbonyl (C=O) groups is 1. The van der Waals surface area contributed by atoms with Crippen LogP contribution in [0.4, 0.5) is 17.1 Å². The van der Waals surface area contributed by atoms with E-state index in [-0.39, 0.29) is 5.91 Å². The summed E-state index contributed by atoms with van der Waals surface area (Å²) >= 11 is 11.5. The van der Waals surface area contributed by atoms with Crippen molar-refractivity contribution in [3.8, 4) is 11.5 Å². The number of hydrogen-bond donors (Lipinski definition) is 3. The van der Waals surface area contributed by atoms with Crippen molar-refractivity contribution >= 4 is 51.9 Å². The van der Waals surface area contributed by atoms with E-state index in [1.807, 2.05) is 30.3 Å². The molecule has 0 unspecified atom stereocenters. The van der Waals surface area contributed by atoms with Gasteiger partial charge in [0.1, 0.15) is 11.5 Å². The molecular weight excluding hydrogens is 422 g/mol. The van der Waals surface area contributed by atoms with E-state index in [1.54, 1.807) is 43.5 Å². The molecule has 154 valence electrons. The van der Waals surface area contributed by atoms with Crippen LogP contribution in [0.15, 0.2) is 66.7 Å². The van der Waals surface area contributed by atoms with Crippen LogP contribution in [-0.4, -0.2) is 25.2 Å². The maximum atomic E-state index is 12.2. The summed E-state index contributed by atoms with van der Waals surface area (Å²) in [4.78, 5) is 12.2. The van der Waals surface area contributed by atoms with Crippen molar-refractivity contribution in [1.82, 2.24) is 0 Å². The summed E-state index contributed by atoms with van der Waals surface area (Å²) in [6.07, 6.45) is 0. The zero-order valence-electron chi connectivity index (χ0n) is 16.4. The smallest absolute Gasteiger partial charge is 0.255 e. The summed E-state index contributed by atoms with van der Waals surface area (Å²) in [7, 11) is 3.08. The average molecular weight is 442 g/mol. The molecule has 0 aliphatic carbocycles. The van der Waals surface area contributed by atoms with Crippen LogP contribution in [0.5, 0.6) is 11.5 Å². The van der Waals surface area contributed by atoms with Gasteiger partial charge in [-0.1, -0.05) is 29.8 Å². The predicted octanol–water partition coefficient (Wildman–Crippen LogP) is 5.42. The molecule has 0 spiro atoms. The summed E-state index contributed by atoms with van der Waals surface area (Å²) in [6.45, 7) is 0. The van der Waals surface area contributed by atoms with Gasteiger partial charge in [0.2, 0.25) is 0 Å². The molecule has 8 heteroatoms. The SMILES string of the molecule is COc1cc(NC(=S)Nc2ccc(NC(=O)c3ccccc3)cc2)c(OC)cc1Cl. The Labute approximate surface area is 185 Å². The number of nitrogens with one attached hydrogen (secondary N) is 3. The Bertz CT molecular complexity index is 1040. The third-order valence-corrected chi connectivity index (χ3v) is 4.66. The monoisotopic (exact) mass is 441 g/mol. The summed E-state index contributed by atoms with van der Waals surface area (Å²) in [5.74, 6) is 0.863. The first-order chi connectivity index (χ1) is 14.5. The number of anilines is 3. The molecule has 3 aromatic rings. The van der Waals surface area contributed by atoms with Gasteiger partial charge in [0, 0.05) is 29.1 Å². The summed E-state index contributed by atoms with van der Waals surface area (Å²) in [6, 6.07) is 19.6. The van der Waals surface area contributed by atoms with Crippen LogP contribution in [0.25, 0.3) is 0 Å². The van der Waals surface area contributed by atoms with Gasteiger partial charge >= 0.3 is 0 Å². The first-order valence-electron chi connectivity index (χ1n) is 8.96. The number of methoxy groups -OCH3 is 2. The first-order valence-corrected chi connectivity index (χ1v) is 9.74. The highest BCUT2D eigenvalue weighted by atomic mass is 35.5. The highest BCUT2D eigenvalue weighted by Crippen LogP contribution is 2.35. The molecule has 3 aromatic carbocycles. The maximum Gasteiger partial charge on any atom is 0.255 e. The molecule has 0 fully saturated rings. The van der Waals surface area contributed by atoms with Gasteiger partial charge in [-0.2, -0.15) is 0 Å². The van der Waals surface area contributed by atoms with Gasteiger partial charge in [-0.3, -0.25) is 4.79 Å². The number of benzene rings is 3. The molecule has 30 heavy (non-hydrogen) atoms. The van der Waals surface area contributed by atoms with Crippen molar-refractivity contribution in [1.29, 1.82) is 0 Å². The van der Waals surface area contributed by atoms with Crippen LogP contribution < -0.4 is 25.4 Å². The van der Waals surface area contributed by atoms with Crippen LogP contribution in [0.2, 0.25) is 5.02 Å². The Hall–Kier alpha value is -3.29. The van der Waals surface area contributed by atoms with Crippen molar-refractivity contribution < 1.29 is 14.3 Å². The lowest BCUT2D eigenvalue weighted by Crippen LogP contribution is -2.19. The molecule has 6 nitrogen and oxygen atoms in total. The molecule has 3 N–H and O–H groups in total. The predicted molar refractivity (Wildman–Crippen MR) is 125 cm³/mol. The maximum absolute atomic E-state index is 12.2. The van der Waals surface area contributed by atoms with Crippen LogP contribution in [0.1, 0.15) is 10.4 Å². The van der Waals surface area contributed by atoms with E-state index < -0.39 is 0 Å². The van der Waals surface area contributed by atoms with E-state index in [9.17, 15) is 4.79 Å². The number of amides is 1. The number of rotatable bonds is 6. The highest BCUT2D eigenvalue weighted by molar-refractivity contribution is 7.80. The van der Waals surface area contributed by atoms with E-state index in [2.05, 4.69) is 16.0 Å². The van der Waals surface area contributed by atoms with Crippen LogP contribution in [0.3, 0.4) is 0 Å². The number of halogens is 1. The molecule has 0 bridgehead atoms. The molecular formula is C22H20ClN3O3S. The quantitative estimate of drug-likeness (QED) is 0.444. The van der Waals surface area contributed by atoms with Crippen LogP contribution in [0, 0.1) is 0 Å². The van der Waals surface area contributed by atoms with Crippen molar-refractivity contribution in [2.75, 3.05) is 30.2 Å². The molecule has 0 radical (unpaired) electrons. The molecule has 1 amide bonds. The number of thiocarbonyl (C=S) groups is 1. The van der Waals surface area contributed by atoms with Crippen molar-refractivity contribution in [3.05, 3.63) is 77.3 Å². The van der Waals surface area contributed by atoms with E-state index in [0.29, 0.717) is 38.6 Å². The number of ether oxygens (including phenoxy) is 2. The highest BCUT2D eigenvalue weighted by Gasteiger charge is 2.11. The lowest BCUT2D eigenvalue weighted by molar-refractivity contribution is 0.102. The minimum atomic E-state index is -0.169. The van der Waals surface area contributed by atoms with Crippen molar-refractivity contribution in [2.24, 2.45) is 0 Å². The van der Waals surface area contributed by atoms with Gasteiger partial charge in [-0.05, 0) is 48.6 Å². The van der Waals surface area contributed by atoms with Gasteiger partial charge in [-0.25, -0.2) is 0 Å². The molecule has 0 aromatic heterocycles. The Kier molecular flexibility index (Phi) is 7.11. The Morgan fingerprint density at radius 3 is 2.03 bits per heavy atom. The average Bonchev–Trinajstić information content (AvgIpc) is 2.76. The van der Waals surface area contributed by atoms with E-state index in [0.717, 1.165) is 5.69 Å². The van der Waals surface area contributed by atoms with Crippen molar-refractivity contribution in [2.45, 2.75) is 0 Å². The minimum Gasteiger partial charge on any atom is -0.495 e. The minimum absolute atomic E-state index is 0.169. The lowest BCUT2D eigenvalue weighted by Gasteiger charge is -2.15.